The first-order chi connectivity index (χ1) is 13.4. The molecule has 0 saturated carbocycles. The van der Waals surface area contributed by atoms with Crippen molar-refractivity contribution in [2.45, 2.75) is 4.90 Å². The van der Waals surface area contributed by atoms with Crippen molar-refractivity contribution in [2.24, 2.45) is 0 Å². The molecule has 3 N–H and O–H groups in total. The van der Waals surface area contributed by atoms with Gasteiger partial charge in [0.15, 0.2) is 0 Å². The number of nitrogens with one attached hydrogen (secondary N) is 2. The normalized spacial score (nSPS) is 10.9. The number of rotatable bonds is 6. The number of aromatic nitrogens is 1. The number of nitrogens with zero attached hydrogens (tertiary/aromatic N) is 1. The number of ether oxygens (including phenoxy) is 1. The molecule has 0 aliphatic carbocycles. The number of aromatic hydroxyl groups is 1. The highest BCUT2D eigenvalue weighted by molar-refractivity contribution is 7.92. The highest BCUT2D eigenvalue weighted by Crippen LogP contribution is 2.30. The van der Waals surface area contributed by atoms with Crippen molar-refractivity contribution in [3.05, 3.63) is 72.6 Å². The van der Waals surface area contributed by atoms with Gasteiger partial charge in [-0.05, 0) is 42.5 Å². The van der Waals surface area contributed by atoms with Crippen LogP contribution in [-0.2, 0) is 10.0 Å². The first kappa shape index (κ1) is 19.2. The minimum Gasteiger partial charge on any atom is -0.506 e. The first-order valence-corrected chi connectivity index (χ1v) is 9.59. The number of hydrogen-bond donors (Lipinski definition) is 3. The Morgan fingerprint density at radius 3 is 2.57 bits per heavy atom. The van der Waals surface area contributed by atoms with Crippen LogP contribution in [0.5, 0.6) is 11.5 Å². The minimum absolute atomic E-state index is 0.0447. The standard InChI is InChI=1S/C19H17N3O5S/c1-27-18-7-3-2-6-15(18)22-28(25,26)14-8-9-17(23)16(11-14)21-19(24)13-5-4-10-20-12-13/h2-12,22-23H,1H3,(H,21,24). The second kappa shape index (κ2) is 7.97. The maximum Gasteiger partial charge on any atom is 0.262 e. The van der Waals surface area contributed by atoms with Gasteiger partial charge in [0.1, 0.15) is 11.5 Å². The van der Waals surface area contributed by atoms with E-state index in [1.54, 1.807) is 36.4 Å². The van der Waals surface area contributed by atoms with Gasteiger partial charge in [-0.2, -0.15) is 0 Å². The van der Waals surface area contributed by atoms with Gasteiger partial charge in [-0.3, -0.25) is 14.5 Å². The fraction of sp³-hybridized carbons (Fsp3) is 0.0526. The summed E-state index contributed by atoms with van der Waals surface area (Å²) >= 11 is 0. The topological polar surface area (TPSA) is 118 Å². The molecule has 0 unspecified atom stereocenters. The molecule has 2 aromatic carbocycles. The van der Waals surface area contributed by atoms with Crippen molar-refractivity contribution in [3.8, 4) is 11.5 Å². The van der Waals surface area contributed by atoms with Gasteiger partial charge in [-0.15, -0.1) is 0 Å². The highest BCUT2D eigenvalue weighted by atomic mass is 32.2. The first-order valence-electron chi connectivity index (χ1n) is 8.11. The summed E-state index contributed by atoms with van der Waals surface area (Å²) in [7, 11) is -2.56. The molecule has 0 atom stereocenters. The molecule has 0 aliphatic rings. The quantitative estimate of drug-likeness (QED) is 0.549. The smallest absolute Gasteiger partial charge is 0.262 e. The van der Waals surface area contributed by atoms with Gasteiger partial charge in [-0.1, -0.05) is 12.1 Å². The zero-order chi connectivity index (χ0) is 20.1. The van der Waals surface area contributed by atoms with Crippen LogP contribution in [0.25, 0.3) is 0 Å². The summed E-state index contributed by atoms with van der Waals surface area (Å²) in [5.74, 6) is -0.445. The van der Waals surface area contributed by atoms with E-state index in [1.807, 2.05) is 0 Å². The van der Waals surface area contributed by atoms with E-state index in [-0.39, 0.29) is 27.6 Å². The zero-order valence-electron chi connectivity index (χ0n) is 14.8. The number of pyridine rings is 1. The molecule has 3 aromatic rings. The van der Waals surface area contributed by atoms with Gasteiger partial charge in [-0.25, -0.2) is 8.42 Å². The van der Waals surface area contributed by atoms with E-state index in [2.05, 4.69) is 15.0 Å². The Morgan fingerprint density at radius 2 is 1.86 bits per heavy atom. The summed E-state index contributed by atoms with van der Waals surface area (Å²) in [5, 5.41) is 12.5. The molecular weight excluding hydrogens is 382 g/mol. The van der Waals surface area contributed by atoms with Crippen LogP contribution >= 0.6 is 0 Å². The lowest BCUT2D eigenvalue weighted by Crippen LogP contribution is -2.15. The third-order valence-electron chi connectivity index (χ3n) is 3.80. The lowest BCUT2D eigenvalue weighted by atomic mass is 10.2. The summed E-state index contributed by atoms with van der Waals surface area (Å²) < 4.78 is 33.0. The molecule has 0 aliphatic heterocycles. The van der Waals surface area contributed by atoms with E-state index in [9.17, 15) is 18.3 Å². The van der Waals surface area contributed by atoms with Crippen LogP contribution in [0.3, 0.4) is 0 Å². The second-order valence-corrected chi connectivity index (χ2v) is 7.36. The number of benzene rings is 2. The van der Waals surface area contributed by atoms with E-state index in [4.69, 9.17) is 4.74 Å². The van der Waals surface area contributed by atoms with E-state index >= 15 is 0 Å². The molecule has 9 heteroatoms. The van der Waals surface area contributed by atoms with Crippen LogP contribution < -0.4 is 14.8 Å². The molecule has 0 spiro atoms. The van der Waals surface area contributed by atoms with E-state index in [0.29, 0.717) is 5.75 Å². The molecule has 144 valence electrons. The van der Waals surface area contributed by atoms with Crippen LogP contribution in [0.4, 0.5) is 11.4 Å². The number of anilines is 2. The third-order valence-corrected chi connectivity index (χ3v) is 5.16. The summed E-state index contributed by atoms with van der Waals surface area (Å²) in [5.41, 5.74) is 0.484. The highest BCUT2D eigenvalue weighted by Gasteiger charge is 2.19. The van der Waals surface area contributed by atoms with Crippen LogP contribution in [0.2, 0.25) is 0 Å². The summed E-state index contributed by atoms with van der Waals surface area (Å²) in [6.45, 7) is 0. The molecule has 0 radical (unpaired) electrons. The number of hydrogen-bond acceptors (Lipinski definition) is 6. The Hall–Kier alpha value is -3.59. The van der Waals surface area contributed by atoms with Crippen LogP contribution in [-0.4, -0.2) is 31.5 Å². The Kier molecular flexibility index (Phi) is 5.46. The van der Waals surface area contributed by atoms with Crippen molar-refractivity contribution < 1.29 is 23.1 Å². The second-order valence-electron chi connectivity index (χ2n) is 5.68. The predicted molar refractivity (Wildman–Crippen MR) is 104 cm³/mol. The van der Waals surface area contributed by atoms with Crippen LogP contribution in [0, 0.1) is 0 Å². The Labute approximate surface area is 161 Å². The fourth-order valence-corrected chi connectivity index (χ4v) is 3.50. The van der Waals surface area contributed by atoms with Gasteiger partial charge in [0.25, 0.3) is 15.9 Å². The molecule has 1 heterocycles. The number of amides is 1. The maximum atomic E-state index is 12.7. The molecule has 0 bridgehead atoms. The average Bonchev–Trinajstić information content (AvgIpc) is 2.70. The molecule has 0 fully saturated rings. The Bertz CT molecular complexity index is 1100. The van der Waals surface area contributed by atoms with Crippen LogP contribution in [0.15, 0.2) is 71.9 Å². The lowest BCUT2D eigenvalue weighted by molar-refractivity contribution is 0.102. The largest absolute Gasteiger partial charge is 0.506 e. The van der Waals surface area contributed by atoms with Crippen LogP contribution in [0.1, 0.15) is 10.4 Å². The van der Waals surface area contributed by atoms with E-state index < -0.39 is 15.9 Å². The molecule has 28 heavy (non-hydrogen) atoms. The number of para-hydroxylation sites is 2. The summed E-state index contributed by atoms with van der Waals surface area (Å²) in [6.07, 6.45) is 2.88. The third kappa shape index (κ3) is 4.21. The van der Waals surface area contributed by atoms with Gasteiger partial charge in [0, 0.05) is 12.4 Å². The molecule has 8 nitrogen and oxygen atoms in total. The molecular formula is C19H17N3O5S. The SMILES string of the molecule is COc1ccccc1NS(=O)(=O)c1ccc(O)c(NC(=O)c2cccnc2)c1. The average molecular weight is 399 g/mol. The minimum atomic E-state index is -3.99. The van der Waals surface area contributed by atoms with Gasteiger partial charge in [0.05, 0.1) is 28.9 Å². The lowest BCUT2D eigenvalue weighted by Gasteiger charge is -2.13. The van der Waals surface area contributed by atoms with Gasteiger partial charge < -0.3 is 15.2 Å². The van der Waals surface area contributed by atoms with Crippen molar-refractivity contribution >= 4 is 27.3 Å². The zero-order valence-corrected chi connectivity index (χ0v) is 15.6. The fourth-order valence-electron chi connectivity index (χ4n) is 2.41. The number of phenolic OH excluding ortho intramolecular Hbond substituents is 1. The summed E-state index contributed by atoms with van der Waals surface area (Å²) in [4.78, 5) is 16.0. The number of phenols is 1. The predicted octanol–water partition coefficient (Wildman–Crippen LogP) is 2.85. The summed E-state index contributed by atoms with van der Waals surface area (Å²) in [6, 6.07) is 13.3. The van der Waals surface area contributed by atoms with Gasteiger partial charge in [0.2, 0.25) is 0 Å². The number of sulfonamides is 1. The molecule has 1 amide bonds. The molecule has 3 rings (SSSR count). The number of carbonyl (C=O) groups excluding carboxylic acids is 1. The van der Waals surface area contributed by atoms with Crippen molar-refractivity contribution in [1.29, 1.82) is 0 Å². The number of carbonyl (C=O) groups is 1. The van der Waals surface area contributed by atoms with E-state index in [1.165, 1.54) is 37.7 Å². The maximum absolute atomic E-state index is 12.7. The van der Waals surface area contributed by atoms with Crippen molar-refractivity contribution in [3.63, 3.8) is 0 Å². The molecule has 0 saturated heterocycles. The van der Waals surface area contributed by atoms with Crippen molar-refractivity contribution in [2.75, 3.05) is 17.1 Å². The van der Waals surface area contributed by atoms with Gasteiger partial charge >= 0.3 is 0 Å². The van der Waals surface area contributed by atoms with E-state index in [0.717, 1.165) is 0 Å². The van der Waals surface area contributed by atoms with Crippen molar-refractivity contribution in [1.82, 2.24) is 4.98 Å². The monoisotopic (exact) mass is 399 g/mol. The molecule has 1 aromatic heterocycles. The number of methoxy groups -OCH3 is 1. The Morgan fingerprint density at radius 1 is 1.07 bits per heavy atom. The Balaban J connectivity index is 1.88.